The third-order valence-corrected chi connectivity index (χ3v) is 15.3. The summed E-state index contributed by atoms with van der Waals surface area (Å²) < 4.78 is 184. The Kier molecular flexibility index (Phi) is 27.9. The van der Waals surface area contributed by atoms with E-state index >= 15 is 0 Å². The van der Waals surface area contributed by atoms with Gasteiger partial charge < -0.3 is 18.8 Å². The maximum absolute atomic E-state index is 12.3. The highest BCUT2D eigenvalue weighted by molar-refractivity contribution is 8.00. The van der Waals surface area contributed by atoms with Crippen LogP contribution in [0.15, 0.2) is 166 Å². The summed E-state index contributed by atoms with van der Waals surface area (Å²) in [7, 11) is -1.13. The van der Waals surface area contributed by atoms with Gasteiger partial charge in [0.15, 0.2) is 5.75 Å². The molecule has 8 rings (SSSR count). The van der Waals surface area contributed by atoms with Crippen molar-refractivity contribution in [2.45, 2.75) is 38.6 Å². The Morgan fingerprint density at radius 2 is 0.734 bits per heavy atom. The van der Waals surface area contributed by atoms with Crippen molar-refractivity contribution in [3.8, 4) is 23.0 Å². The molecule has 30 heteroatoms. The molecule has 0 bridgehead atoms. The van der Waals surface area contributed by atoms with Crippen LogP contribution in [0.25, 0.3) is 43.1 Å². The van der Waals surface area contributed by atoms with E-state index in [1.807, 2.05) is 64.5 Å². The Bertz CT molecular complexity index is 3530. The second-order valence-electron chi connectivity index (χ2n) is 14.6. The molecule has 0 aliphatic rings. The normalized spacial score (nSPS) is 11.6. The first-order valence-corrected chi connectivity index (χ1v) is 34.1. The molecule has 0 amide bonds. The van der Waals surface area contributed by atoms with Crippen molar-refractivity contribution in [2.24, 2.45) is 0 Å². The molecule has 0 saturated heterocycles. The van der Waals surface area contributed by atoms with Gasteiger partial charge in [0.05, 0.1) is 19.1 Å². The van der Waals surface area contributed by atoms with Gasteiger partial charge in [-0.1, -0.05) is 111 Å². The van der Waals surface area contributed by atoms with Crippen LogP contribution in [0, 0.1) is 0 Å². The standard InChI is InChI=1S/C12H9F3O3S2.C12H12OS.C11H10OS.C11H10O.C2F6O5S2.CH4.Al.3ClH/c1-19-11-7-9-5-3-2-4-8(9)6-10(11)18-20(16,17)12(13,14)15;1-13-11-7-9-5-3-4-6-10(9)8-12(11)14-2;1-13-11-7-9-5-3-2-4-8(9)6-10(11)12;1-12-11-7-6-9-4-2-3-5-10(9)8-11;3-1(4,5)14(9,10)13-15(11,12)2(6,7)8;;;;;/h2-7H,1H3;3-8H,1-2H3;2-7,12H,1H3;2-8H,1H3;;1H4;;3*1H/q;;;;;;+3;;;/p-3. The first kappa shape index (κ1) is 70.7. The molecule has 11 nitrogen and oxygen atoms in total. The molecule has 8 aromatic rings. The van der Waals surface area contributed by atoms with Crippen molar-refractivity contribution in [1.82, 2.24) is 0 Å². The van der Waals surface area contributed by atoms with Crippen molar-refractivity contribution in [3.05, 3.63) is 152 Å². The summed E-state index contributed by atoms with van der Waals surface area (Å²) >= 11 is 2.65. The number of benzene rings is 8. The summed E-state index contributed by atoms with van der Waals surface area (Å²) in [5.41, 5.74) is -18.0. The van der Waals surface area contributed by atoms with Gasteiger partial charge >= 0.3 is 58.3 Å². The first-order chi connectivity index (χ1) is 36.2. The molecule has 0 aliphatic heterocycles. The molecule has 0 spiro atoms. The van der Waals surface area contributed by atoms with Crippen molar-refractivity contribution >= 4 is 150 Å². The van der Waals surface area contributed by atoms with Crippen LogP contribution in [0.3, 0.4) is 0 Å². The lowest BCUT2D eigenvalue weighted by Gasteiger charge is -2.13. The number of hydrogen-bond acceptors (Lipinski definition) is 14. The van der Waals surface area contributed by atoms with E-state index in [0.29, 0.717) is 16.0 Å². The van der Waals surface area contributed by atoms with Crippen LogP contribution in [-0.4, -0.2) is 91.3 Å². The molecule has 0 fully saturated rings. The Morgan fingerprint density at radius 3 is 1.08 bits per heavy atom. The number of aromatic hydroxyl groups is 1. The van der Waals surface area contributed by atoms with Crippen molar-refractivity contribution in [3.63, 3.8) is 0 Å². The van der Waals surface area contributed by atoms with E-state index in [9.17, 15) is 69.9 Å². The molecule has 0 aliphatic carbocycles. The molecule has 0 heterocycles. The van der Waals surface area contributed by atoms with Crippen LogP contribution in [0.5, 0.6) is 23.0 Å². The fourth-order valence-electron chi connectivity index (χ4n) is 5.97. The van der Waals surface area contributed by atoms with Crippen LogP contribution >= 0.6 is 65.4 Å². The molecule has 8 aromatic carbocycles. The second-order valence-corrected chi connectivity index (χ2v) is 28.4. The highest BCUT2D eigenvalue weighted by atomic mass is 35.8. The predicted octanol–water partition coefficient (Wildman–Crippen LogP) is 16.5. The van der Waals surface area contributed by atoms with E-state index < -0.39 is 58.3 Å². The number of phenols is 1. The Balaban J connectivity index is 0.000000334. The van der Waals surface area contributed by atoms with Gasteiger partial charge in [-0.15, -0.1) is 38.9 Å². The third-order valence-electron chi connectivity index (χ3n) is 9.52. The van der Waals surface area contributed by atoms with E-state index in [1.54, 1.807) is 80.4 Å². The fraction of sp³-hybridized carbons (Fsp3) is 0.184. The van der Waals surface area contributed by atoms with Gasteiger partial charge in [0.2, 0.25) is 0 Å². The minimum atomic E-state index is -6.85. The van der Waals surface area contributed by atoms with Gasteiger partial charge in [-0.3, -0.25) is 0 Å². The number of phenolic OH excluding ortho intramolecular Hbond substituents is 1. The number of alkyl halides is 9. The SMILES string of the molecule is C.COc1cc2ccccc2cc1SC.COc1ccc2ccccc2c1.CSc1cc2ccccc2cc1O.CSc1cc2ccccc2cc1OS(=O)(=O)C(F)(F)F.O=S(=O)(OS(=O)(=O)C(F)(F)F)C(F)(F)F.[Cl][Al]([Cl])[Cl]. The molecular weight excluding hydrogens is 1260 g/mol. The number of ether oxygens (including phenoxy) is 2. The van der Waals surface area contributed by atoms with Gasteiger partial charge in [-0.05, 0) is 110 Å². The van der Waals surface area contributed by atoms with Crippen molar-refractivity contribution < 1.29 is 87.2 Å². The monoisotopic (exact) mass is 1300 g/mol. The summed E-state index contributed by atoms with van der Waals surface area (Å²) in [6, 6.07) is 48.5. The van der Waals surface area contributed by atoms with Crippen LogP contribution in [0.4, 0.5) is 39.5 Å². The zero-order valence-electron chi connectivity index (χ0n) is 40.5. The molecule has 0 unspecified atom stereocenters. The van der Waals surface area contributed by atoms with E-state index in [0.717, 1.165) is 38.9 Å². The minimum Gasteiger partial charge on any atom is -0.507 e. The van der Waals surface area contributed by atoms with Crippen LogP contribution in [0.1, 0.15) is 7.43 Å². The first-order valence-electron chi connectivity index (χ1n) is 21.0. The Morgan fingerprint density at radius 1 is 0.430 bits per heavy atom. The summed E-state index contributed by atoms with van der Waals surface area (Å²) in [5, 5.41) is 18.2. The maximum atomic E-state index is 12.3. The zero-order valence-corrected chi connectivity index (χ0v) is 48.8. The number of thioether (sulfide) groups is 3. The smallest absolute Gasteiger partial charge is 0.507 e. The van der Waals surface area contributed by atoms with E-state index in [4.69, 9.17) is 39.6 Å². The lowest BCUT2D eigenvalue weighted by Crippen LogP contribution is -2.34. The molecule has 0 saturated carbocycles. The van der Waals surface area contributed by atoms with E-state index in [1.165, 1.54) is 37.9 Å². The number of methoxy groups -OCH3 is 2. The highest BCUT2D eigenvalue weighted by Crippen LogP contribution is 2.37. The summed E-state index contributed by atoms with van der Waals surface area (Å²) in [4.78, 5) is 2.43. The average Bonchev–Trinajstić information content (AvgIpc) is 3.37. The number of hydrogen-bond donors (Lipinski definition) is 1. The van der Waals surface area contributed by atoms with Crippen LogP contribution in [-0.2, 0) is 34.0 Å². The third kappa shape index (κ3) is 21.5. The summed E-state index contributed by atoms with van der Waals surface area (Å²) in [6.45, 7) is 0. The fourth-order valence-corrected chi connectivity index (χ4v) is 9.70. The lowest BCUT2D eigenvalue weighted by atomic mass is 10.1. The van der Waals surface area contributed by atoms with Gasteiger partial charge in [0, 0.05) is 9.79 Å². The summed E-state index contributed by atoms with van der Waals surface area (Å²) in [6.07, 6.45) is 5.65. The Hall–Kier alpha value is -4.37. The molecule has 79 heavy (non-hydrogen) atoms. The topological polar surface area (TPSA) is 160 Å². The van der Waals surface area contributed by atoms with Gasteiger partial charge in [-0.2, -0.15) is 64.8 Å². The predicted molar refractivity (Wildman–Crippen MR) is 303 cm³/mol. The number of rotatable bonds is 9. The molecule has 430 valence electrons. The molecule has 0 aromatic heterocycles. The average molecular weight is 1310 g/mol. The van der Waals surface area contributed by atoms with Crippen molar-refractivity contribution in [1.29, 1.82) is 0 Å². The van der Waals surface area contributed by atoms with E-state index in [2.05, 4.69) is 65.0 Å². The summed E-state index contributed by atoms with van der Waals surface area (Å²) in [5.74, 6) is 1.91. The molecule has 1 N–H and O–H groups in total. The largest absolute Gasteiger partial charge is 0.643 e. The van der Waals surface area contributed by atoms with Gasteiger partial charge in [0.1, 0.15) is 17.2 Å². The van der Waals surface area contributed by atoms with Gasteiger partial charge in [-0.25, -0.2) is 30.1 Å². The van der Waals surface area contributed by atoms with Gasteiger partial charge in [0.25, 0.3) is 0 Å². The van der Waals surface area contributed by atoms with E-state index in [-0.39, 0.29) is 13.2 Å². The lowest BCUT2D eigenvalue weighted by molar-refractivity contribution is -0.0586. The molecule has 0 atom stereocenters. The minimum absolute atomic E-state index is 0. The molecular formula is C49H45AlCl3F9O11S6. The zero-order chi connectivity index (χ0) is 58.9. The van der Waals surface area contributed by atoms with Crippen molar-refractivity contribution in [2.75, 3.05) is 33.0 Å². The van der Waals surface area contributed by atoms with Crippen LogP contribution in [0.2, 0.25) is 0 Å². The number of halogens is 12. The molecule has 0 radical (unpaired) electrons. The quantitative estimate of drug-likeness (QED) is 0.0478. The number of fused-ring (bicyclic) bond motifs is 4. The van der Waals surface area contributed by atoms with Crippen LogP contribution < -0.4 is 13.7 Å². The second kappa shape index (κ2) is 31.2. The maximum Gasteiger partial charge on any atom is 0.643 e. The Labute approximate surface area is 480 Å². The highest BCUT2D eigenvalue weighted by Gasteiger charge is 2.57.